The summed E-state index contributed by atoms with van der Waals surface area (Å²) in [6.45, 7) is 2.25. The van der Waals surface area contributed by atoms with Crippen LogP contribution in [0.25, 0.3) is 0 Å². The van der Waals surface area contributed by atoms with Gasteiger partial charge in [0.2, 0.25) is 0 Å². The Balaban J connectivity index is 2.26. The van der Waals surface area contributed by atoms with E-state index >= 15 is 0 Å². The predicted octanol–water partition coefficient (Wildman–Crippen LogP) is 4.08. The maximum Gasteiger partial charge on any atom is 0.168 e. The zero-order valence-electron chi connectivity index (χ0n) is 10.6. The minimum atomic E-state index is -0.371. The van der Waals surface area contributed by atoms with Gasteiger partial charge in [0.05, 0.1) is 5.02 Å². The van der Waals surface area contributed by atoms with Crippen molar-refractivity contribution in [1.82, 2.24) is 0 Å². The highest BCUT2D eigenvalue weighted by atomic mass is 35.5. The monoisotopic (exact) mass is 279 g/mol. The molecule has 2 nitrogen and oxygen atoms in total. The second-order valence-electron chi connectivity index (χ2n) is 4.29. The minimum absolute atomic E-state index is 0.175. The standard InChI is InChI=1S/C15H15ClFNO/c1-10-3-2-4-14(15(10)17)19-13-6-5-11(7-8-18)9-12(13)16/h2-6,9H,7-8,18H2,1H3. The fraction of sp³-hybridized carbons (Fsp3) is 0.200. The molecule has 0 fully saturated rings. The first kappa shape index (κ1) is 13.8. The average Bonchev–Trinajstić information content (AvgIpc) is 2.38. The van der Waals surface area contributed by atoms with Gasteiger partial charge in [0.15, 0.2) is 11.6 Å². The van der Waals surface area contributed by atoms with E-state index in [2.05, 4.69) is 0 Å². The van der Waals surface area contributed by atoms with E-state index in [-0.39, 0.29) is 11.6 Å². The van der Waals surface area contributed by atoms with E-state index in [1.807, 2.05) is 6.07 Å². The molecule has 0 saturated heterocycles. The Morgan fingerprint density at radius 2 is 2.00 bits per heavy atom. The van der Waals surface area contributed by atoms with Gasteiger partial charge in [0.1, 0.15) is 5.75 Å². The van der Waals surface area contributed by atoms with Gasteiger partial charge in [-0.25, -0.2) is 4.39 Å². The van der Waals surface area contributed by atoms with Crippen molar-refractivity contribution in [1.29, 1.82) is 0 Å². The first-order chi connectivity index (χ1) is 9.11. The second-order valence-corrected chi connectivity index (χ2v) is 4.70. The van der Waals surface area contributed by atoms with E-state index < -0.39 is 0 Å². The van der Waals surface area contributed by atoms with Gasteiger partial charge >= 0.3 is 0 Å². The van der Waals surface area contributed by atoms with Crippen LogP contribution in [0.3, 0.4) is 0 Å². The van der Waals surface area contributed by atoms with Crippen LogP contribution in [0.2, 0.25) is 5.02 Å². The Kier molecular flexibility index (Phi) is 4.40. The Hall–Kier alpha value is -1.58. The summed E-state index contributed by atoms with van der Waals surface area (Å²) in [4.78, 5) is 0. The number of hydrogen-bond acceptors (Lipinski definition) is 2. The molecule has 0 radical (unpaired) electrons. The lowest BCUT2D eigenvalue weighted by Crippen LogP contribution is -2.02. The molecule has 2 rings (SSSR count). The third-order valence-corrected chi connectivity index (χ3v) is 3.10. The van der Waals surface area contributed by atoms with Crippen LogP contribution in [-0.4, -0.2) is 6.54 Å². The van der Waals surface area contributed by atoms with E-state index in [9.17, 15) is 4.39 Å². The molecule has 4 heteroatoms. The van der Waals surface area contributed by atoms with Gasteiger partial charge in [-0.1, -0.05) is 29.8 Å². The minimum Gasteiger partial charge on any atom is -0.453 e. The summed E-state index contributed by atoms with van der Waals surface area (Å²) in [7, 11) is 0. The molecule has 0 aliphatic carbocycles. The van der Waals surface area contributed by atoms with E-state index in [1.54, 1.807) is 37.3 Å². The van der Waals surface area contributed by atoms with Crippen LogP contribution in [0, 0.1) is 12.7 Å². The zero-order valence-corrected chi connectivity index (χ0v) is 11.4. The van der Waals surface area contributed by atoms with Crippen LogP contribution in [0.5, 0.6) is 11.5 Å². The highest BCUT2D eigenvalue weighted by Crippen LogP contribution is 2.32. The molecule has 0 aliphatic heterocycles. The quantitative estimate of drug-likeness (QED) is 0.915. The van der Waals surface area contributed by atoms with Crippen molar-refractivity contribution in [2.24, 2.45) is 5.73 Å². The third kappa shape index (κ3) is 3.25. The molecule has 0 bridgehead atoms. The smallest absolute Gasteiger partial charge is 0.168 e. The number of ether oxygens (including phenoxy) is 1. The highest BCUT2D eigenvalue weighted by molar-refractivity contribution is 6.32. The molecule has 2 aromatic carbocycles. The molecule has 19 heavy (non-hydrogen) atoms. The van der Waals surface area contributed by atoms with Crippen LogP contribution >= 0.6 is 11.6 Å². The summed E-state index contributed by atoms with van der Waals surface area (Å²) >= 11 is 6.12. The molecular weight excluding hydrogens is 265 g/mol. The normalized spacial score (nSPS) is 10.5. The molecule has 0 heterocycles. The zero-order chi connectivity index (χ0) is 13.8. The molecule has 0 unspecified atom stereocenters. The number of nitrogens with two attached hydrogens (primary N) is 1. The van der Waals surface area contributed by atoms with Crippen LogP contribution in [0.15, 0.2) is 36.4 Å². The fourth-order valence-corrected chi connectivity index (χ4v) is 2.01. The summed E-state index contributed by atoms with van der Waals surface area (Å²) in [5, 5.41) is 0.451. The van der Waals surface area contributed by atoms with E-state index in [1.165, 1.54) is 0 Å². The van der Waals surface area contributed by atoms with E-state index in [0.29, 0.717) is 22.9 Å². The Morgan fingerprint density at radius 1 is 1.21 bits per heavy atom. The molecule has 2 aromatic rings. The molecular formula is C15H15ClFNO. The number of hydrogen-bond donors (Lipinski definition) is 1. The van der Waals surface area contributed by atoms with Gasteiger partial charge < -0.3 is 10.5 Å². The van der Waals surface area contributed by atoms with Crippen molar-refractivity contribution in [2.75, 3.05) is 6.54 Å². The van der Waals surface area contributed by atoms with Crippen molar-refractivity contribution in [2.45, 2.75) is 13.3 Å². The highest BCUT2D eigenvalue weighted by Gasteiger charge is 2.09. The van der Waals surface area contributed by atoms with Crippen molar-refractivity contribution < 1.29 is 9.13 Å². The predicted molar refractivity (Wildman–Crippen MR) is 75.4 cm³/mol. The first-order valence-corrected chi connectivity index (χ1v) is 6.41. The molecule has 0 saturated carbocycles. The lowest BCUT2D eigenvalue weighted by atomic mass is 10.1. The average molecular weight is 280 g/mol. The van der Waals surface area contributed by atoms with Gasteiger partial charge in [-0.3, -0.25) is 0 Å². The van der Waals surface area contributed by atoms with Gasteiger partial charge in [0, 0.05) is 0 Å². The van der Waals surface area contributed by atoms with Crippen LogP contribution in [0.1, 0.15) is 11.1 Å². The molecule has 0 aliphatic rings. The number of benzene rings is 2. The number of halogens is 2. The topological polar surface area (TPSA) is 35.2 Å². The molecule has 100 valence electrons. The number of aryl methyl sites for hydroxylation is 1. The maximum atomic E-state index is 13.8. The van der Waals surface area contributed by atoms with Crippen molar-refractivity contribution in [3.05, 3.63) is 58.4 Å². The van der Waals surface area contributed by atoms with Gasteiger partial charge in [0.25, 0.3) is 0 Å². The van der Waals surface area contributed by atoms with Crippen LogP contribution in [-0.2, 0) is 6.42 Å². The lowest BCUT2D eigenvalue weighted by Gasteiger charge is -2.10. The summed E-state index contributed by atoms with van der Waals surface area (Å²) in [6, 6.07) is 10.4. The van der Waals surface area contributed by atoms with Crippen molar-refractivity contribution in [3.8, 4) is 11.5 Å². The van der Waals surface area contributed by atoms with Gasteiger partial charge in [-0.15, -0.1) is 0 Å². The molecule has 0 atom stereocenters. The Morgan fingerprint density at radius 3 is 2.68 bits per heavy atom. The van der Waals surface area contributed by atoms with Gasteiger partial charge in [-0.05, 0) is 49.2 Å². The summed E-state index contributed by atoms with van der Waals surface area (Å²) < 4.78 is 19.4. The first-order valence-electron chi connectivity index (χ1n) is 6.03. The third-order valence-electron chi connectivity index (χ3n) is 2.81. The van der Waals surface area contributed by atoms with E-state index in [0.717, 1.165) is 12.0 Å². The lowest BCUT2D eigenvalue weighted by molar-refractivity contribution is 0.440. The van der Waals surface area contributed by atoms with E-state index in [4.69, 9.17) is 22.1 Å². The summed E-state index contributed by atoms with van der Waals surface area (Å²) in [6.07, 6.45) is 0.749. The maximum absolute atomic E-state index is 13.8. The molecule has 0 amide bonds. The van der Waals surface area contributed by atoms with Crippen LogP contribution < -0.4 is 10.5 Å². The summed E-state index contributed by atoms with van der Waals surface area (Å²) in [5.74, 6) is 0.241. The second kappa shape index (κ2) is 6.04. The van der Waals surface area contributed by atoms with Crippen LogP contribution in [0.4, 0.5) is 4.39 Å². The SMILES string of the molecule is Cc1cccc(Oc2ccc(CCN)cc2Cl)c1F. The Labute approximate surface area is 117 Å². The largest absolute Gasteiger partial charge is 0.453 e. The fourth-order valence-electron chi connectivity index (χ4n) is 1.77. The van der Waals surface area contributed by atoms with Gasteiger partial charge in [-0.2, -0.15) is 0 Å². The molecule has 0 spiro atoms. The summed E-state index contributed by atoms with van der Waals surface area (Å²) in [5.41, 5.74) is 7.05. The molecule has 2 N–H and O–H groups in total. The molecule has 0 aromatic heterocycles. The number of rotatable bonds is 4. The van der Waals surface area contributed by atoms with Crippen molar-refractivity contribution in [3.63, 3.8) is 0 Å². The van der Waals surface area contributed by atoms with Crippen molar-refractivity contribution >= 4 is 11.6 Å². The Bertz CT molecular complexity index is 586.